The first-order valence-corrected chi connectivity index (χ1v) is 10.5. The van der Waals surface area contributed by atoms with Gasteiger partial charge in [-0.25, -0.2) is 4.68 Å². The van der Waals surface area contributed by atoms with Crippen molar-refractivity contribution in [3.8, 4) is 5.75 Å². The molecule has 1 fully saturated rings. The van der Waals surface area contributed by atoms with E-state index in [2.05, 4.69) is 28.3 Å². The highest BCUT2D eigenvalue weighted by atomic mass is 16.5. The van der Waals surface area contributed by atoms with Crippen LogP contribution in [-0.2, 0) is 0 Å². The lowest BCUT2D eigenvalue weighted by molar-refractivity contribution is 0.100. The van der Waals surface area contributed by atoms with E-state index in [4.69, 9.17) is 16.2 Å². The first-order chi connectivity index (χ1) is 15.4. The SMILES string of the molecule is C=C/C(=C\C=C(/C)Oc1ccccc1)c1nn(C2CCN(CN=C)CC2)c(N)c1C(N)=O. The van der Waals surface area contributed by atoms with Crippen molar-refractivity contribution in [2.75, 3.05) is 25.5 Å². The van der Waals surface area contributed by atoms with E-state index in [0.29, 0.717) is 23.7 Å². The Morgan fingerprint density at radius 2 is 1.97 bits per heavy atom. The molecule has 1 aliphatic heterocycles. The molecule has 8 nitrogen and oxygen atoms in total. The average molecular weight is 435 g/mol. The summed E-state index contributed by atoms with van der Waals surface area (Å²) in [7, 11) is 0. The number of allylic oxidation sites excluding steroid dienone is 5. The van der Waals surface area contributed by atoms with Gasteiger partial charge in [0.1, 0.15) is 28.6 Å². The molecule has 2 heterocycles. The summed E-state index contributed by atoms with van der Waals surface area (Å²) in [6.07, 6.45) is 6.91. The minimum absolute atomic E-state index is 0.0765. The van der Waals surface area contributed by atoms with Crippen LogP contribution in [0.25, 0.3) is 5.57 Å². The molecular weight excluding hydrogens is 404 g/mol. The van der Waals surface area contributed by atoms with Gasteiger partial charge >= 0.3 is 0 Å². The van der Waals surface area contributed by atoms with E-state index in [9.17, 15) is 4.79 Å². The van der Waals surface area contributed by atoms with Crippen molar-refractivity contribution in [3.63, 3.8) is 0 Å². The normalized spacial score (nSPS) is 16.0. The maximum Gasteiger partial charge on any atom is 0.254 e. The van der Waals surface area contributed by atoms with Crippen LogP contribution in [0.5, 0.6) is 5.75 Å². The molecule has 1 aromatic carbocycles. The van der Waals surface area contributed by atoms with E-state index < -0.39 is 5.91 Å². The highest BCUT2D eigenvalue weighted by Crippen LogP contribution is 2.31. The monoisotopic (exact) mass is 434 g/mol. The number of primary amides is 1. The molecule has 1 aliphatic rings. The number of nitrogens with two attached hydrogens (primary N) is 2. The molecular formula is C24H30N6O2. The van der Waals surface area contributed by atoms with Crippen molar-refractivity contribution in [2.45, 2.75) is 25.8 Å². The molecule has 32 heavy (non-hydrogen) atoms. The molecule has 0 bridgehead atoms. The summed E-state index contributed by atoms with van der Waals surface area (Å²) < 4.78 is 7.53. The van der Waals surface area contributed by atoms with Gasteiger partial charge < -0.3 is 16.2 Å². The van der Waals surface area contributed by atoms with Gasteiger partial charge in [-0.15, -0.1) is 0 Å². The summed E-state index contributed by atoms with van der Waals surface area (Å²) in [4.78, 5) is 18.4. The van der Waals surface area contributed by atoms with Gasteiger partial charge in [0.25, 0.3) is 5.91 Å². The third-order valence-corrected chi connectivity index (χ3v) is 5.41. The molecule has 0 atom stereocenters. The van der Waals surface area contributed by atoms with Crippen molar-refractivity contribution in [2.24, 2.45) is 10.7 Å². The lowest BCUT2D eigenvalue weighted by Gasteiger charge is -2.31. The van der Waals surface area contributed by atoms with Crippen LogP contribution in [0.15, 0.2) is 65.9 Å². The Kier molecular flexibility index (Phi) is 7.62. The van der Waals surface area contributed by atoms with E-state index in [1.165, 1.54) is 0 Å². The van der Waals surface area contributed by atoms with E-state index in [0.717, 1.165) is 31.7 Å². The molecule has 1 aromatic heterocycles. The number of benzene rings is 1. The number of ether oxygens (including phenoxy) is 1. The first kappa shape index (κ1) is 23.0. The molecule has 1 amide bonds. The van der Waals surface area contributed by atoms with Crippen molar-refractivity contribution in [3.05, 3.63) is 72.2 Å². The molecule has 3 rings (SSSR count). The van der Waals surface area contributed by atoms with Crippen molar-refractivity contribution >= 4 is 24.0 Å². The second kappa shape index (κ2) is 10.6. The Balaban J connectivity index is 1.88. The number of hydrogen-bond acceptors (Lipinski definition) is 6. The molecule has 2 aromatic rings. The van der Waals surface area contributed by atoms with Gasteiger partial charge in [0.15, 0.2) is 0 Å². The number of aliphatic imine (C=N–C) groups is 1. The van der Waals surface area contributed by atoms with E-state index >= 15 is 0 Å². The Labute approximate surface area is 188 Å². The molecule has 4 N–H and O–H groups in total. The van der Waals surface area contributed by atoms with Crippen LogP contribution in [0.4, 0.5) is 5.82 Å². The maximum absolute atomic E-state index is 12.2. The van der Waals surface area contributed by atoms with Crippen LogP contribution in [0, 0.1) is 0 Å². The van der Waals surface area contributed by atoms with Crippen LogP contribution in [0.3, 0.4) is 0 Å². The minimum atomic E-state index is -0.619. The van der Waals surface area contributed by atoms with Gasteiger partial charge in [-0.05, 0) is 50.8 Å². The van der Waals surface area contributed by atoms with Crippen LogP contribution in [0.1, 0.15) is 41.9 Å². The van der Waals surface area contributed by atoms with E-state index in [1.807, 2.05) is 37.3 Å². The molecule has 1 saturated heterocycles. The van der Waals surface area contributed by atoms with Crippen LogP contribution in [0.2, 0.25) is 0 Å². The fourth-order valence-electron chi connectivity index (χ4n) is 3.78. The van der Waals surface area contributed by atoms with Gasteiger partial charge in [-0.2, -0.15) is 5.10 Å². The van der Waals surface area contributed by atoms with Crippen molar-refractivity contribution in [1.82, 2.24) is 14.7 Å². The summed E-state index contributed by atoms with van der Waals surface area (Å²) in [6, 6.07) is 9.56. The largest absolute Gasteiger partial charge is 0.462 e. The van der Waals surface area contributed by atoms with Gasteiger partial charge in [0.05, 0.1) is 12.7 Å². The zero-order chi connectivity index (χ0) is 23.1. The molecule has 0 radical (unpaired) electrons. The Bertz CT molecular complexity index is 1030. The first-order valence-electron chi connectivity index (χ1n) is 10.5. The number of carbonyl (C=O) groups is 1. The average Bonchev–Trinajstić information content (AvgIpc) is 3.13. The van der Waals surface area contributed by atoms with Crippen LogP contribution < -0.4 is 16.2 Å². The van der Waals surface area contributed by atoms with Crippen LogP contribution in [-0.4, -0.2) is 47.1 Å². The Morgan fingerprint density at radius 1 is 1.28 bits per heavy atom. The number of para-hydroxylation sites is 1. The smallest absolute Gasteiger partial charge is 0.254 e. The van der Waals surface area contributed by atoms with E-state index in [1.54, 1.807) is 22.9 Å². The van der Waals surface area contributed by atoms with Crippen LogP contribution >= 0.6 is 0 Å². The number of carbonyl (C=O) groups excluding carboxylic acids is 1. The van der Waals surface area contributed by atoms with Crippen molar-refractivity contribution in [1.29, 1.82) is 0 Å². The number of aromatic nitrogens is 2. The summed E-state index contributed by atoms with van der Waals surface area (Å²) in [5, 5.41) is 4.69. The zero-order valence-electron chi connectivity index (χ0n) is 18.4. The number of nitrogen functional groups attached to an aromatic ring is 1. The molecule has 0 saturated carbocycles. The third kappa shape index (κ3) is 5.33. The standard InChI is InChI=1S/C24H30N6O2/c1-4-18(11-10-17(2)32-20-8-6-5-7-9-20)22-21(24(26)31)23(25)30(28-22)19-12-14-29(15-13-19)16-27-3/h4-11,19H,1,3,12-16,25H2,2H3,(H2,26,31)/b17-10+,18-11+. The second-order valence-corrected chi connectivity index (χ2v) is 7.65. The van der Waals surface area contributed by atoms with Gasteiger partial charge in [0, 0.05) is 18.7 Å². The maximum atomic E-state index is 12.2. The predicted molar refractivity (Wildman–Crippen MR) is 128 cm³/mol. The quantitative estimate of drug-likeness (QED) is 0.357. The fraction of sp³-hybridized carbons (Fsp3) is 0.292. The second-order valence-electron chi connectivity index (χ2n) is 7.65. The number of anilines is 1. The number of piperidine rings is 1. The highest BCUT2D eigenvalue weighted by Gasteiger charge is 2.28. The Morgan fingerprint density at radius 3 is 2.56 bits per heavy atom. The number of nitrogens with zero attached hydrogens (tertiary/aromatic N) is 4. The molecule has 0 aliphatic carbocycles. The van der Waals surface area contributed by atoms with Crippen molar-refractivity contribution < 1.29 is 9.53 Å². The minimum Gasteiger partial charge on any atom is -0.462 e. The lowest BCUT2D eigenvalue weighted by Crippen LogP contribution is -2.35. The van der Waals surface area contributed by atoms with Gasteiger partial charge in [-0.3, -0.25) is 14.7 Å². The predicted octanol–water partition coefficient (Wildman–Crippen LogP) is 3.41. The lowest BCUT2D eigenvalue weighted by atomic mass is 10.0. The number of likely N-dealkylation sites (tertiary alicyclic amines) is 1. The Hall–Kier alpha value is -3.65. The summed E-state index contributed by atoms with van der Waals surface area (Å²) >= 11 is 0. The molecule has 168 valence electrons. The summed E-state index contributed by atoms with van der Waals surface area (Å²) in [6.45, 7) is 11.6. The summed E-state index contributed by atoms with van der Waals surface area (Å²) in [5.74, 6) is 1.07. The topological polar surface area (TPSA) is 112 Å². The fourth-order valence-corrected chi connectivity index (χ4v) is 3.78. The summed E-state index contributed by atoms with van der Waals surface area (Å²) in [5.41, 5.74) is 13.3. The number of rotatable bonds is 9. The number of amides is 1. The number of hydrogen-bond donors (Lipinski definition) is 2. The third-order valence-electron chi connectivity index (χ3n) is 5.41. The van der Waals surface area contributed by atoms with Gasteiger partial charge in [0.2, 0.25) is 0 Å². The molecule has 0 unspecified atom stereocenters. The zero-order valence-corrected chi connectivity index (χ0v) is 18.4. The molecule has 8 heteroatoms. The highest BCUT2D eigenvalue weighted by molar-refractivity contribution is 6.02. The van der Waals surface area contributed by atoms with E-state index in [-0.39, 0.29) is 17.4 Å². The van der Waals surface area contributed by atoms with Gasteiger partial charge in [-0.1, -0.05) is 30.9 Å². The molecule has 0 spiro atoms.